The topological polar surface area (TPSA) is 95.9 Å². The van der Waals surface area contributed by atoms with Crippen molar-refractivity contribution >= 4 is 11.9 Å². The molecule has 7 heteroatoms. The van der Waals surface area contributed by atoms with Crippen LogP contribution in [0.4, 0.5) is 4.39 Å². The molecule has 1 aromatic carbocycles. The van der Waals surface area contributed by atoms with E-state index in [2.05, 4.69) is 5.32 Å². The first kappa shape index (κ1) is 15.9. The molecule has 0 spiro atoms. The van der Waals surface area contributed by atoms with Gasteiger partial charge < -0.3 is 20.3 Å². The number of aliphatic carboxylic acids is 1. The second-order valence-corrected chi connectivity index (χ2v) is 4.03. The van der Waals surface area contributed by atoms with Gasteiger partial charge in [0.1, 0.15) is 17.6 Å². The first-order valence-corrected chi connectivity index (χ1v) is 6.04. The van der Waals surface area contributed by atoms with E-state index in [4.69, 9.17) is 14.9 Å². The molecule has 0 aliphatic carbocycles. The van der Waals surface area contributed by atoms with Gasteiger partial charge in [0.2, 0.25) is 5.91 Å². The Kier molecular flexibility index (Phi) is 6.45. The van der Waals surface area contributed by atoms with E-state index in [-0.39, 0.29) is 26.1 Å². The van der Waals surface area contributed by atoms with Crippen LogP contribution in [0.1, 0.15) is 12.8 Å². The van der Waals surface area contributed by atoms with E-state index in [0.29, 0.717) is 5.75 Å². The van der Waals surface area contributed by atoms with Crippen LogP contribution in [0, 0.1) is 5.82 Å². The Bertz CT molecular complexity index is 466. The molecule has 0 aromatic heterocycles. The first-order valence-electron chi connectivity index (χ1n) is 6.04. The molecular formula is C13H16FNO5. The van der Waals surface area contributed by atoms with Gasteiger partial charge >= 0.3 is 5.97 Å². The summed E-state index contributed by atoms with van der Waals surface area (Å²) < 4.78 is 18.0. The largest absolute Gasteiger partial charge is 0.493 e. The minimum absolute atomic E-state index is 0.000745. The summed E-state index contributed by atoms with van der Waals surface area (Å²) in [5.41, 5.74) is 0. The lowest BCUT2D eigenvalue weighted by molar-refractivity contribution is -0.142. The average molecular weight is 285 g/mol. The van der Waals surface area contributed by atoms with E-state index in [1.165, 1.54) is 18.2 Å². The Morgan fingerprint density at radius 2 is 2.15 bits per heavy atom. The van der Waals surface area contributed by atoms with Crippen molar-refractivity contribution in [2.75, 3.05) is 13.2 Å². The van der Waals surface area contributed by atoms with Gasteiger partial charge in [-0.3, -0.25) is 4.79 Å². The number of halogens is 1. The number of rotatable bonds is 8. The molecule has 0 heterocycles. The van der Waals surface area contributed by atoms with E-state index < -0.39 is 23.7 Å². The number of hydrogen-bond donors (Lipinski definition) is 3. The number of carbonyl (C=O) groups is 2. The molecule has 1 rings (SSSR count). The van der Waals surface area contributed by atoms with Crippen LogP contribution in [0.2, 0.25) is 0 Å². The average Bonchev–Trinajstić information content (AvgIpc) is 2.38. The summed E-state index contributed by atoms with van der Waals surface area (Å²) in [4.78, 5) is 22.2. The molecule has 3 N–H and O–H groups in total. The highest BCUT2D eigenvalue weighted by molar-refractivity contribution is 5.83. The van der Waals surface area contributed by atoms with Gasteiger partial charge in [0.25, 0.3) is 0 Å². The number of ether oxygens (including phenoxy) is 1. The van der Waals surface area contributed by atoms with Gasteiger partial charge in [0, 0.05) is 19.1 Å². The summed E-state index contributed by atoms with van der Waals surface area (Å²) in [6.07, 6.45) is -0.127. The number of hydrogen-bond acceptors (Lipinski definition) is 4. The molecule has 0 saturated carbocycles. The van der Waals surface area contributed by atoms with E-state index in [1.807, 2.05) is 0 Å². The maximum Gasteiger partial charge on any atom is 0.326 e. The summed E-state index contributed by atoms with van der Waals surface area (Å²) in [6, 6.07) is 4.36. The van der Waals surface area contributed by atoms with Gasteiger partial charge in [-0.1, -0.05) is 6.07 Å². The van der Waals surface area contributed by atoms with Crippen LogP contribution >= 0.6 is 0 Å². The van der Waals surface area contributed by atoms with Crippen LogP contribution in [-0.4, -0.2) is 41.3 Å². The van der Waals surface area contributed by atoms with Gasteiger partial charge in [-0.25, -0.2) is 9.18 Å². The van der Waals surface area contributed by atoms with Gasteiger partial charge in [-0.15, -0.1) is 0 Å². The number of carbonyl (C=O) groups excluding carboxylic acids is 1. The van der Waals surface area contributed by atoms with E-state index >= 15 is 0 Å². The summed E-state index contributed by atoms with van der Waals surface area (Å²) in [7, 11) is 0. The Morgan fingerprint density at radius 3 is 2.75 bits per heavy atom. The quantitative estimate of drug-likeness (QED) is 0.648. The van der Waals surface area contributed by atoms with Crippen molar-refractivity contribution in [2.45, 2.75) is 18.9 Å². The summed E-state index contributed by atoms with van der Waals surface area (Å²) in [5.74, 6) is -1.87. The molecule has 1 amide bonds. The predicted molar refractivity (Wildman–Crippen MR) is 67.8 cm³/mol. The van der Waals surface area contributed by atoms with Crippen LogP contribution in [-0.2, 0) is 9.59 Å². The molecule has 0 aliphatic heterocycles. The third kappa shape index (κ3) is 5.66. The number of carboxylic acids is 1. The lowest BCUT2D eigenvalue weighted by Gasteiger charge is -2.13. The number of aliphatic hydroxyl groups is 1. The highest BCUT2D eigenvalue weighted by atomic mass is 19.1. The standard InChI is InChI=1S/C13H16FNO5/c14-9-2-1-3-10(8-9)20-7-5-12(17)15-11(4-6-16)13(18)19/h1-3,8,11,16H,4-7H2,(H,15,17)(H,18,19). The lowest BCUT2D eigenvalue weighted by atomic mass is 10.2. The fraction of sp³-hybridized carbons (Fsp3) is 0.385. The van der Waals surface area contributed by atoms with Crippen molar-refractivity contribution in [3.05, 3.63) is 30.1 Å². The van der Waals surface area contributed by atoms with Gasteiger partial charge in [0.15, 0.2) is 0 Å². The fourth-order valence-corrected chi connectivity index (χ4v) is 1.47. The molecule has 20 heavy (non-hydrogen) atoms. The van der Waals surface area contributed by atoms with Crippen molar-refractivity contribution in [1.82, 2.24) is 5.32 Å². The third-order valence-electron chi connectivity index (χ3n) is 2.45. The zero-order valence-electron chi connectivity index (χ0n) is 10.7. The summed E-state index contributed by atoms with van der Waals surface area (Å²) >= 11 is 0. The molecular weight excluding hydrogens is 269 g/mol. The molecule has 0 fully saturated rings. The number of amides is 1. The first-order chi connectivity index (χ1) is 9.52. The van der Waals surface area contributed by atoms with Crippen LogP contribution in [0.15, 0.2) is 24.3 Å². The molecule has 110 valence electrons. The minimum Gasteiger partial charge on any atom is -0.493 e. The van der Waals surface area contributed by atoms with Crippen LogP contribution in [0.25, 0.3) is 0 Å². The Hall–Kier alpha value is -2.15. The molecule has 0 radical (unpaired) electrons. The lowest BCUT2D eigenvalue weighted by Crippen LogP contribution is -2.41. The minimum atomic E-state index is -1.21. The van der Waals surface area contributed by atoms with Crippen molar-refractivity contribution in [2.24, 2.45) is 0 Å². The molecule has 1 unspecified atom stereocenters. The zero-order chi connectivity index (χ0) is 15.0. The molecule has 0 bridgehead atoms. The number of benzene rings is 1. The molecule has 0 saturated heterocycles. The second-order valence-electron chi connectivity index (χ2n) is 4.03. The third-order valence-corrected chi connectivity index (χ3v) is 2.45. The summed E-state index contributed by atoms with van der Waals surface area (Å²) in [5, 5.41) is 19.7. The van der Waals surface area contributed by atoms with Gasteiger partial charge in [-0.05, 0) is 12.1 Å². The highest BCUT2D eigenvalue weighted by Gasteiger charge is 2.18. The predicted octanol–water partition coefficient (Wildman–Crippen LogP) is 0.546. The van der Waals surface area contributed by atoms with E-state index in [9.17, 15) is 14.0 Å². The molecule has 1 atom stereocenters. The van der Waals surface area contributed by atoms with Crippen LogP contribution in [0.3, 0.4) is 0 Å². The van der Waals surface area contributed by atoms with Crippen molar-refractivity contribution in [3.8, 4) is 5.75 Å². The van der Waals surface area contributed by atoms with E-state index in [1.54, 1.807) is 6.07 Å². The fourth-order valence-electron chi connectivity index (χ4n) is 1.47. The van der Waals surface area contributed by atoms with Gasteiger partial charge in [0.05, 0.1) is 13.0 Å². The SMILES string of the molecule is O=C(CCOc1cccc(F)c1)NC(CCO)C(=O)O. The number of nitrogens with one attached hydrogen (secondary N) is 1. The number of aliphatic hydroxyl groups excluding tert-OH is 1. The van der Waals surface area contributed by atoms with E-state index in [0.717, 1.165) is 0 Å². The zero-order valence-corrected chi connectivity index (χ0v) is 10.7. The molecule has 1 aromatic rings. The van der Waals surface area contributed by atoms with Crippen LogP contribution in [0.5, 0.6) is 5.75 Å². The van der Waals surface area contributed by atoms with Gasteiger partial charge in [-0.2, -0.15) is 0 Å². The van der Waals surface area contributed by atoms with Crippen molar-refractivity contribution in [3.63, 3.8) is 0 Å². The smallest absolute Gasteiger partial charge is 0.326 e. The Morgan fingerprint density at radius 1 is 1.40 bits per heavy atom. The molecule has 6 nitrogen and oxygen atoms in total. The second kappa shape index (κ2) is 8.11. The maximum atomic E-state index is 12.9. The maximum absolute atomic E-state index is 12.9. The molecule has 0 aliphatic rings. The number of carboxylic acid groups (broad SMARTS) is 1. The monoisotopic (exact) mass is 285 g/mol. The van der Waals surface area contributed by atoms with Crippen molar-refractivity contribution < 1.29 is 28.9 Å². The van der Waals surface area contributed by atoms with Crippen LogP contribution < -0.4 is 10.1 Å². The highest BCUT2D eigenvalue weighted by Crippen LogP contribution is 2.11. The summed E-state index contributed by atoms with van der Waals surface area (Å²) in [6.45, 7) is -0.336. The Labute approximate surface area is 115 Å². The Balaban J connectivity index is 2.34. The van der Waals surface area contributed by atoms with Crippen molar-refractivity contribution in [1.29, 1.82) is 0 Å². The normalized spacial score (nSPS) is 11.7.